The molecule has 0 aromatic carbocycles. The van der Waals surface area contributed by atoms with Gasteiger partial charge in [0.2, 0.25) is 0 Å². The predicted molar refractivity (Wildman–Crippen MR) is 48.4 cm³/mol. The van der Waals surface area contributed by atoms with Crippen molar-refractivity contribution in [3.8, 4) is 0 Å². The number of carbonyl (C=O) groups is 1. The number of hydrogen-bond donors (Lipinski definition) is 3. The van der Waals surface area contributed by atoms with Crippen molar-refractivity contribution in [2.24, 2.45) is 5.92 Å². The second kappa shape index (κ2) is 3.64. The zero-order valence-corrected chi connectivity index (χ0v) is 8.08. The summed E-state index contributed by atoms with van der Waals surface area (Å²) in [6, 6.07) is 0. The maximum absolute atomic E-state index is 11.0. The number of hydrogen-bond acceptors (Lipinski definition) is 3. The molecule has 3 N–H and O–H groups in total. The zero-order chi connectivity index (χ0) is 10.1. The second-order valence-corrected chi connectivity index (χ2v) is 4.01. The fraction of sp³-hybridized carbons (Fsp3) is 0.889. The van der Waals surface area contributed by atoms with Gasteiger partial charge < -0.3 is 10.2 Å². The van der Waals surface area contributed by atoms with Crippen molar-refractivity contribution in [2.45, 2.75) is 38.3 Å². The van der Waals surface area contributed by atoms with E-state index >= 15 is 0 Å². The highest BCUT2D eigenvalue weighted by atomic mass is 16.4. The van der Waals surface area contributed by atoms with Crippen LogP contribution in [0, 0.1) is 5.92 Å². The highest BCUT2D eigenvalue weighted by Crippen LogP contribution is 2.39. The first-order valence-electron chi connectivity index (χ1n) is 4.63. The molecule has 0 aromatic rings. The third-order valence-electron chi connectivity index (χ3n) is 2.60. The van der Waals surface area contributed by atoms with Gasteiger partial charge in [0.1, 0.15) is 5.54 Å². The number of nitrogens with one attached hydrogen (secondary N) is 1. The summed E-state index contributed by atoms with van der Waals surface area (Å²) < 4.78 is 0. The van der Waals surface area contributed by atoms with Gasteiger partial charge in [0, 0.05) is 6.54 Å². The standard InChI is InChI=1S/C9H17NO3/c1-6(11)5-10-9(2,8(12)13)7-3-4-7/h6-7,10-11H,3-5H2,1-2H3,(H,12,13). The fourth-order valence-electron chi connectivity index (χ4n) is 1.41. The lowest BCUT2D eigenvalue weighted by molar-refractivity contribution is -0.145. The van der Waals surface area contributed by atoms with Crippen molar-refractivity contribution in [1.82, 2.24) is 5.32 Å². The number of aliphatic hydroxyl groups excluding tert-OH is 1. The monoisotopic (exact) mass is 187 g/mol. The Morgan fingerprint density at radius 1 is 1.69 bits per heavy atom. The Morgan fingerprint density at radius 2 is 2.23 bits per heavy atom. The predicted octanol–water partition coefficient (Wildman–Crippen LogP) is 0.210. The molecule has 0 amide bonds. The van der Waals surface area contributed by atoms with E-state index in [1.807, 2.05) is 0 Å². The summed E-state index contributed by atoms with van der Waals surface area (Å²) in [5, 5.41) is 21.0. The summed E-state index contributed by atoms with van der Waals surface area (Å²) in [6.45, 7) is 3.66. The molecule has 0 aliphatic heterocycles. The number of carboxylic acids is 1. The maximum Gasteiger partial charge on any atom is 0.323 e. The number of aliphatic hydroxyl groups is 1. The molecule has 1 fully saturated rings. The van der Waals surface area contributed by atoms with E-state index in [0.29, 0.717) is 6.54 Å². The first-order chi connectivity index (χ1) is 5.97. The number of β-amino-alcohol motifs (C(OH)–C–C–N with tert-alkyl or cyclic N) is 1. The molecule has 0 bridgehead atoms. The van der Waals surface area contributed by atoms with Crippen molar-refractivity contribution < 1.29 is 15.0 Å². The molecule has 2 atom stereocenters. The molecule has 0 spiro atoms. The summed E-state index contributed by atoms with van der Waals surface area (Å²) in [4.78, 5) is 11.0. The van der Waals surface area contributed by atoms with Gasteiger partial charge in [-0.05, 0) is 32.6 Å². The Bertz CT molecular complexity index is 201. The molecular formula is C9H17NO3. The molecule has 0 heterocycles. The van der Waals surface area contributed by atoms with Crippen LogP contribution in [0.3, 0.4) is 0 Å². The summed E-state index contributed by atoms with van der Waals surface area (Å²) in [5.74, 6) is -0.598. The van der Waals surface area contributed by atoms with Gasteiger partial charge in [0.05, 0.1) is 6.10 Å². The molecule has 4 nitrogen and oxygen atoms in total. The van der Waals surface area contributed by atoms with Crippen LogP contribution < -0.4 is 5.32 Å². The molecule has 1 aliphatic carbocycles. The molecule has 1 aliphatic rings. The lowest BCUT2D eigenvalue weighted by Gasteiger charge is -2.26. The quantitative estimate of drug-likeness (QED) is 0.575. The summed E-state index contributed by atoms with van der Waals surface area (Å²) in [7, 11) is 0. The molecule has 13 heavy (non-hydrogen) atoms. The first kappa shape index (κ1) is 10.5. The van der Waals surface area contributed by atoms with Crippen LogP contribution in [0.15, 0.2) is 0 Å². The van der Waals surface area contributed by atoms with Crippen LogP contribution in [0.2, 0.25) is 0 Å². The van der Waals surface area contributed by atoms with Gasteiger partial charge in [0.25, 0.3) is 0 Å². The van der Waals surface area contributed by atoms with Gasteiger partial charge in [-0.2, -0.15) is 0 Å². The molecule has 1 rings (SSSR count). The van der Waals surface area contributed by atoms with Gasteiger partial charge in [0.15, 0.2) is 0 Å². The normalized spacial score (nSPS) is 23.6. The molecule has 76 valence electrons. The van der Waals surface area contributed by atoms with Crippen molar-refractivity contribution in [1.29, 1.82) is 0 Å². The van der Waals surface area contributed by atoms with E-state index in [9.17, 15) is 4.79 Å². The summed E-state index contributed by atoms with van der Waals surface area (Å²) >= 11 is 0. The molecular weight excluding hydrogens is 170 g/mol. The number of rotatable bonds is 5. The Hall–Kier alpha value is -0.610. The van der Waals surface area contributed by atoms with E-state index in [0.717, 1.165) is 12.8 Å². The summed E-state index contributed by atoms with van der Waals surface area (Å²) in [6.07, 6.45) is 1.43. The van der Waals surface area contributed by atoms with Crippen molar-refractivity contribution in [2.75, 3.05) is 6.54 Å². The van der Waals surface area contributed by atoms with Crippen LogP contribution in [0.1, 0.15) is 26.7 Å². The number of carboxylic acid groups (broad SMARTS) is 1. The summed E-state index contributed by atoms with van der Waals surface area (Å²) in [5.41, 5.74) is -0.850. The minimum absolute atomic E-state index is 0.226. The van der Waals surface area contributed by atoms with Crippen molar-refractivity contribution >= 4 is 5.97 Å². The zero-order valence-electron chi connectivity index (χ0n) is 8.08. The largest absolute Gasteiger partial charge is 0.480 e. The van der Waals surface area contributed by atoms with Gasteiger partial charge in [-0.1, -0.05) is 0 Å². The third kappa shape index (κ3) is 2.42. The van der Waals surface area contributed by atoms with Crippen molar-refractivity contribution in [3.63, 3.8) is 0 Å². The topological polar surface area (TPSA) is 69.6 Å². The Kier molecular flexibility index (Phi) is 2.93. The van der Waals surface area contributed by atoms with Crippen LogP contribution >= 0.6 is 0 Å². The van der Waals surface area contributed by atoms with Gasteiger partial charge in [-0.25, -0.2) is 0 Å². The Morgan fingerprint density at radius 3 is 2.54 bits per heavy atom. The minimum atomic E-state index is -0.850. The van der Waals surface area contributed by atoms with Crippen LogP contribution in [-0.4, -0.2) is 34.4 Å². The van der Waals surface area contributed by atoms with E-state index in [1.165, 1.54) is 0 Å². The first-order valence-corrected chi connectivity index (χ1v) is 4.63. The average molecular weight is 187 g/mol. The molecule has 0 aromatic heterocycles. The molecule has 0 radical (unpaired) electrons. The lowest BCUT2D eigenvalue weighted by atomic mass is 9.96. The van der Waals surface area contributed by atoms with Crippen molar-refractivity contribution in [3.05, 3.63) is 0 Å². The van der Waals surface area contributed by atoms with E-state index in [2.05, 4.69) is 5.32 Å². The van der Waals surface area contributed by atoms with Crippen LogP contribution in [-0.2, 0) is 4.79 Å². The van der Waals surface area contributed by atoms with E-state index in [-0.39, 0.29) is 5.92 Å². The highest BCUT2D eigenvalue weighted by molar-refractivity contribution is 5.79. The highest BCUT2D eigenvalue weighted by Gasteiger charge is 2.47. The van der Waals surface area contributed by atoms with Crippen LogP contribution in [0.5, 0.6) is 0 Å². The molecule has 1 saturated carbocycles. The lowest BCUT2D eigenvalue weighted by Crippen LogP contribution is -2.53. The Balaban J connectivity index is 2.51. The van der Waals surface area contributed by atoms with Gasteiger partial charge in [-0.3, -0.25) is 10.1 Å². The van der Waals surface area contributed by atoms with Gasteiger partial charge >= 0.3 is 5.97 Å². The molecule has 4 heteroatoms. The second-order valence-electron chi connectivity index (χ2n) is 4.01. The molecule has 0 saturated heterocycles. The van der Waals surface area contributed by atoms with Crippen LogP contribution in [0.4, 0.5) is 0 Å². The minimum Gasteiger partial charge on any atom is -0.480 e. The van der Waals surface area contributed by atoms with Gasteiger partial charge in [-0.15, -0.1) is 0 Å². The van der Waals surface area contributed by atoms with E-state index in [4.69, 9.17) is 10.2 Å². The van der Waals surface area contributed by atoms with Crippen LogP contribution in [0.25, 0.3) is 0 Å². The maximum atomic E-state index is 11.0. The Labute approximate surface area is 78.0 Å². The average Bonchev–Trinajstić information content (AvgIpc) is 2.81. The number of aliphatic carboxylic acids is 1. The smallest absolute Gasteiger partial charge is 0.323 e. The van der Waals surface area contributed by atoms with E-state index < -0.39 is 17.6 Å². The fourth-order valence-corrected chi connectivity index (χ4v) is 1.41. The SMILES string of the molecule is CC(O)CNC(C)(C(=O)O)C1CC1. The third-order valence-corrected chi connectivity index (χ3v) is 2.60. The van der Waals surface area contributed by atoms with E-state index in [1.54, 1.807) is 13.8 Å². The molecule has 2 unspecified atom stereocenters.